The fourth-order valence-electron chi connectivity index (χ4n) is 11.1. The predicted octanol–water partition coefficient (Wildman–Crippen LogP) is 14.6. The molecule has 9 aromatic carbocycles. The van der Waals surface area contributed by atoms with E-state index in [1.807, 2.05) is 0 Å². The van der Waals surface area contributed by atoms with Crippen molar-refractivity contribution >= 4 is 57.2 Å². The van der Waals surface area contributed by atoms with Crippen LogP contribution in [0.25, 0.3) is 44.5 Å². The number of hydrogen-bond acceptors (Lipinski definition) is 2. The maximum atomic E-state index is 2.53. The van der Waals surface area contributed by atoms with Gasteiger partial charge >= 0.3 is 0 Å². The molecule has 0 unspecified atom stereocenters. The molecular weight excluding hydrogens is 771 g/mol. The molecule has 0 aliphatic carbocycles. The van der Waals surface area contributed by atoms with Gasteiger partial charge in [-0.3, -0.25) is 0 Å². The lowest BCUT2D eigenvalue weighted by atomic mass is 9.33. The Morgan fingerprint density at radius 1 is 0.297 bits per heavy atom. The number of benzene rings is 9. The van der Waals surface area contributed by atoms with Crippen molar-refractivity contribution in [1.82, 2.24) is 0 Å². The van der Waals surface area contributed by atoms with Crippen molar-refractivity contribution in [1.29, 1.82) is 0 Å². The van der Waals surface area contributed by atoms with Crippen molar-refractivity contribution in [2.75, 3.05) is 9.80 Å². The molecule has 3 heteroatoms. The lowest BCUT2D eigenvalue weighted by Gasteiger charge is -2.44. The van der Waals surface area contributed by atoms with Crippen LogP contribution < -0.4 is 26.2 Å². The van der Waals surface area contributed by atoms with Crippen LogP contribution >= 0.6 is 0 Å². The highest BCUT2D eigenvalue weighted by molar-refractivity contribution is 7.00. The third-order valence-electron chi connectivity index (χ3n) is 13.6. The molecule has 11 rings (SSSR count). The minimum Gasteiger partial charge on any atom is -0.311 e. The van der Waals surface area contributed by atoms with Crippen molar-refractivity contribution < 1.29 is 0 Å². The summed E-state index contributed by atoms with van der Waals surface area (Å²) in [6, 6.07) is 68.4. The number of hydrogen-bond donors (Lipinski definition) is 0. The van der Waals surface area contributed by atoms with Gasteiger partial charge in [-0.1, -0.05) is 145 Å². The second kappa shape index (κ2) is 15.5. The first-order valence-electron chi connectivity index (χ1n) is 22.6. The second-order valence-corrected chi connectivity index (χ2v) is 18.2. The Labute approximate surface area is 379 Å². The fraction of sp³-hybridized carbons (Fsp3) is 0.115. The third kappa shape index (κ3) is 6.58. The summed E-state index contributed by atoms with van der Waals surface area (Å²) in [6.45, 7) is 15.7. The molecule has 64 heavy (non-hydrogen) atoms. The first-order valence-corrected chi connectivity index (χ1v) is 22.6. The number of rotatable bonds is 6. The van der Waals surface area contributed by atoms with Crippen LogP contribution in [0.5, 0.6) is 0 Å². The van der Waals surface area contributed by atoms with Gasteiger partial charge in [0.25, 0.3) is 6.71 Å². The Hall–Kier alpha value is -7.36. The molecule has 2 aliphatic rings. The maximum Gasteiger partial charge on any atom is 0.252 e. The van der Waals surface area contributed by atoms with Crippen molar-refractivity contribution in [3.8, 4) is 44.5 Å². The second-order valence-electron chi connectivity index (χ2n) is 18.2. The standard InChI is InChI=1S/C61H51BN2/c1-38-30-41(4)59(42(5)31-38)49-22-28-55-53(36-49)62-54-37-50(60-43(6)32-39(2)33-44(60)7)23-29-56(54)64(52-26-20-48(21-27-52)46-16-12-9-13-17-46)58-35-40(3)34-57(61(58)62)63(55)51-24-18-47(19-25-51)45-14-10-8-11-15-45/h8-37H,1-7H3. The Balaban J connectivity index is 1.19. The molecular formula is C61H51BN2. The molecule has 0 atom stereocenters. The van der Waals surface area contributed by atoms with E-state index in [9.17, 15) is 0 Å². The van der Waals surface area contributed by atoms with Gasteiger partial charge in [-0.15, -0.1) is 0 Å². The van der Waals surface area contributed by atoms with Gasteiger partial charge in [0.05, 0.1) is 0 Å². The van der Waals surface area contributed by atoms with E-state index in [0.717, 1.165) is 11.4 Å². The first-order chi connectivity index (χ1) is 31.1. The lowest BCUT2D eigenvalue weighted by Crippen LogP contribution is -2.61. The lowest BCUT2D eigenvalue weighted by molar-refractivity contribution is 1.24. The molecule has 0 bridgehead atoms. The van der Waals surface area contributed by atoms with Gasteiger partial charge in [-0.05, 0) is 186 Å². The van der Waals surface area contributed by atoms with Crippen LogP contribution in [0.3, 0.4) is 0 Å². The zero-order valence-electron chi connectivity index (χ0n) is 37.8. The van der Waals surface area contributed by atoms with E-state index >= 15 is 0 Å². The normalized spacial score (nSPS) is 12.5. The summed E-state index contributed by atoms with van der Waals surface area (Å²) in [4.78, 5) is 5.07. The first kappa shape index (κ1) is 39.5. The Bertz CT molecular complexity index is 3010. The van der Waals surface area contributed by atoms with Gasteiger partial charge in [0.1, 0.15) is 0 Å². The molecule has 308 valence electrons. The number of aryl methyl sites for hydroxylation is 7. The summed E-state index contributed by atoms with van der Waals surface area (Å²) < 4.78 is 0. The highest BCUT2D eigenvalue weighted by Crippen LogP contribution is 2.46. The average molecular weight is 823 g/mol. The van der Waals surface area contributed by atoms with E-state index in [4.69, 9.17) is 0 Å². The summed E-state index contributed by atoms with van der Waals surface area (Å²) in [6.07, 6.45) is 0. The molecule has 0 saturated heterocycles. The van der Waals surface area contributed by atoms with E-state index in [0.29, 0.717) is 0 Å². The third-order valence-corrected chi connectivity index (χ3v) is 13.6. The average Bonchev–Trinajstić information content (AvgIpc) is 3.29. The molecule has 0 aromatic heterocycles. The van der Waals surface area contributed by atoms with Crippen LogP contribution in [0.2, 0.25) is 0 Å². The zero-order chi connectivity index (χ0) is 43.8. The smallest absolute Gasteiger partial charge is 0.252 e. The largest absolute Gasteiger partial charge is 0.311 e. The van der Waals surface area contributed by atoms with Crippen molar-refractivity contribution in [2.45, 2.75) is 48.5 Å². The van der Waals surface area contributed by atoms with Crippen LogP contribution in [0.15, 0.2) is 182 Å². The van der Waals surface area contributed by atoms with E-state index in [1.165, 1.54) is 123 Å². The Kier molecular flexibility index (Phi) is 9.54. The number of anilines is 6. The zero-order valence-corrected chi connectivity index (χ0v) is 37.8. The summed E-state index contributed by atoms with van der Waals surface area (Å²) >= 11 is 0. The van der Waals surface area contributed by atoms with Crippen LogP contribution in [-0.2, 0) is 0 Å². The maximum absolute atomic E-state index is 2.53. The van der Waals surface area contributed by atoms with Crippen LogP contribution in [0, 0.1) is 48.5 Å². The summed E-state index contributed by atoms with van der Waals surface area (Å²) in [7, 11) is 0. The minimum absolute atomic E-state index is 0.0210. The molecule has 2 nitrogen and oxygen atoms in total. The monoisotopic (exact) mass is 822 g/mol. The van der Waals surface area contributed by atoms with Crippen molar-refractivity contribution in [3.63, 3.8) is 0 Å². The highest BCUT2D eigenvalue weighted by Gasteiger charge is 2.44. The fourth-order valence-corrected chi connectivity index (χ4v) is 11.1. The van der Waals surface area contributed by atoms with Gasteiger partial charge in [0.15, 0.2) is 0 Å². The predicted molar refractivity (Wildman–Crippen MR) is 275 cm³/mol. The Morgan fingerprint density at radius 3 is 1.00 bits per heavy atom. The summed E-state index contributed by atoms with van der Waals surface area (Å²) in [5, 5.41) is 0. The van der Waals surface area contributed by atoms with Crippen LogP contribution in [0.4, 0.5) is 34.1 Å². The number of nitrogens with zero attached hydrogens (tertiary/aromatic N) is 2. The molecule has 0 saturated carbocycles. The van der Waals surface area contributed by atoms with Crippen molar-refractivity contribution in [2.24, 2.45) is 0 Å². The van der Waals surface area contributed by atoms with Gasteiger partial charge in [-0.25, -0.2) is 0 Å². The van der Waals surface area contributed by atoms with Gasteiger partial charge < -0.3 is 9.80 Å². The summed E-state index contributed by atoms with van der Waals surface area (Å²) in [5.74, 6) is 0. The van der Waals surface area contributed by atoms with Gasteiger partial charge in [0.2, 0.25) is 0 Å². The quantitative estimate of drug-likeness (QED) is 0.154. The molecule has 0 amide bonds. The van der Waals surface area contributed by atoms with E-state index in [1.54, 1.807) is 0 Å². The van der Waals surface area contributed by atoms with E-state index in [2.05, 4.69) is 240 Å². The van der Waals surface area contributed by atoms with Crippen LogP contribution in [-0.4, -0.2) is 6.71 Å². The topological polar surface area (TPSA) is 6.48 Å². The van der Waals surface area contributed by atoms with Gasteiger partial charge in [-0.2, -0.15) is 0 Å². The number of fused-ring (bicyclic) bond motifs is 4. The molecule has 9 aromatic rings. The highest BCUT2D eigenvalue weighted by atomic mass is 15.2. The molecule has 0 N–H and O–H groups in total. The van der Waals surface area contributed by atoms with Gasteiger partial charge in [0, 0.05) is 34.1 Å². The van der Waals surface area contributed by atoms with Crippen molar-refractivity contribution in [3.05, 3.63) is 221 Å². The molecule has 0 spiro atoms. The minimum atomic E-state index is -0.0210. The SMILES string of the molecule is Cc1cc(C)c(-c2ccc3c(c2)B2c4cc(-c5c(C)cc(C)cc5C)ccc4N(c4ccc(-c5ccccc5)cc4)c4cc(C)cc(c42)N3c2ccc(-c3ccccc3)cc2)c(C)c1. The summed E-state index contributed by atoms with van der Waals surface area (Å²) in [5.41, 5.74) is 30.2. The van der Waals surface area contributed by atoms with E-state index in [-0.39, 0.29) is 6.71 Å². The molecule has 2 aliphatic heterocycles. The van der Waals surface area contributed by atoms with Crippen LogP contribution in [0.1, 0.15) is 38.9 Å². The molecule has 0 fully saturated rings. The molecule has 0 radical (unpaired) electrons. The molecule has 2 heterocycles. The Morgan fingerprint density at radius 2 is 0.625 bits per heavy atom. The van der Waals surface area contributed by atoms with E-state index < -0.39 is 0 Å².